The molecule has 1 heterocycles. The van der Waals surface area contributed by atoms with Crippen LogP contribution in [0.4, 0.5) is 0 Å². The van der Waals surface area contributed by atoms with E-state index < -0.39 is 0 Å². The first-order valence-corrected chi connectivity index (χ1v) is 4.87. The summed E-state index contributed by atoms with van der Waals surface area (Å²) in [5, 5.41) is 0. The molecule has 1 aliphatic rings. The third-order valence-corrected chi connectivity index (χ3v) is 2.59. The van der Waals surface area contributed by atoms with Gasteiger partial charge in [-0.05, 0) is 17.7 Å². The maximum absolute atomic E-state index is 10.8. The molecular formula is C11H14N2O2. The van der Waals surface area contributed by atoms with Crippen LogP contribution in [-0.4, -0.2) is 30.5 Å². The summed E-state index contributed by atoms with van der Waals surface area (Å²) in [5.41, 5.74) is 6.35. The molecule has 1 fully saturated rings. The summed E-state index contributed by atoms with van der Waals surface area (Å²) in [6.07, 6.45) is 0. The van der Waals surface area contributed by atoms with E-state index in [9.17, 15) is 4.79 Å². The SMILES string of the molecule is COc1ccc(CN2C[C@@H]2C(N)=O)cc1. The lowest BCUT2D eigenvalue weighted by molar-refractivity contribution is -0.118. The maximum atomic E-state index is 10.8. The highest BCUT2D eigenvalue weighted by molar-refractivity contribution is 5.82. The van der Waals surface area contributed by atoms with Crippen molar-refractivity contribution < 1.29 is 9.53 Å². The van der Waals surface area contributed by atoms with Crippen LogP contribution < -0.4 is 10.5 Å². The summed E-state index contributed by atoms with van der Waals surface area (Å²) >= 11 is 0. The van der Waals surface area contributed by atoms with Crippen molar-refractivity contribution in [1.29, 1.82) is 0 Å². The lowest BCUT2D eigenvalue weighted by atomic mass is 10.2. The largest absolute Gasteiger partial charge is 0.497 e. The summed E-state index contributed by atoms with van der Waals surface area (Å²) in [7, 11) is 1.64. The molecule has 2 rings (SSSR count). The number of methoxy groups -OCH3 is 1. The molecule has 4 nitrogen and oxygen atoms in total. The molecule has 0 aliphatic carbocycles. The van der Waals surface area contributed by atoms with E-state index >= 15 is 0 Å². The Hall–Kier alpha value is -1.55. The molecule has 0 aromatic heterocycles. The van der Waals surface area contributed by atoms with E-state index in [1.54, 1.807) is 7.11 Å². The third kappa shape index (κ3) is 2.27. The number of nitrogens with two attached hydrogens (primary N) is 1. The van der Waals surface area contributed by atoms with Gasteiger partial charge in [0, 0.05) is 13.1 Å². The zero-order chi connectivity index (χ0) is 10.8. The van der Waals surface area contributed by atoms with Gasteiger partial charge in [0.1, 0.15) is 11.8 Å². The van der Waals surface area contributed by atoms with Crippen LogP contribution in [0.2, 0.25) is 0 Å². The van der Waals surface area contributed by atoms with E-state index in [0.29, 0.717) is 0 Å². The molecule has 1 aromatic carbocycles. The number of benzene rings is 1. The normalized spacial score (nSPS) is 23.5. The van der Waals surface area contributed by atoms with Crippen molar-refractivity contribution in [2.24, 2.45) is 5.73 Å². The van der Waals surface area contributed by atoms with Crippen molar-refractivity contribution in [2.45, 2.75) is 12.6 Å². The number of primary amides is 1. The van der Waals surface area contributed by atoms with Crippen LogP contribution >= 0.6 is 0 Å². The van der Waals surface area contributed by atoms with Crippen LogP contribution in [0.5, 0.6) is 5.75 Å². The first kappa shape index (κ1) is 9.98. The Balaban J connectivity index is 1.92. The number of ether oxygens (including phenoxy) is 1. The molecule has 0 bridgehead atoms. The van der Waals surface area contributed by atoms with Crippen LogP contribution in [0.15, 0.2) is 24.3 Å². The molecule has 80 valence electrons. The van der Waals surface area contributed by atoms with Crippen molar-refractivity contribution in [3.8, 4) is 5.75 Å². The molecule has 0 saturated carbocycles. The van der Waals surface area contributed by atoms with Gasteiger partial charge >= 0.3 is 0 Å². The predicted octanol–water partition coefficient (Wildman–Crippen LogP) is 0.365. The predicted molar refractivity (Wildman–Crippen MR) is 56.4 cm³/mol. The van der Waals surface area contributed by atoms with Crippen molar-refractivity contribution in [3.05, 3.63) is 29.8 Å². The second kappa shape index (κ2) is 3.90. The van der Waals surface area contributed by atoms with Gasteiger partial charge < -0.3 is 10.5 Å². The van der Waals surface area contributed by atoms with E-state index in [-0.39, 0.29) is 11.9 Å². The van der Waals surface area contributed by atoms with Gasteiger partial charge in [-0.1, -0.05) is 12.1 Å². The summed E-state index contributed by atoms with van der Waals surface area (Å²) in [5.74, 6) is 0.611. The maximum Gasteiger partial charge on any atom is 0.236 e. The van der Waals surface area contributed by atoms with E-state index in [4.69, 9.17) is 10.5 Å². The van der Waals surface area contributed by atoms with Crippen molar-refractivity contribution in [1.82, 2.24) is 4.90 Å². The number of nitrogens with zero attached hydrogens (tertiary/aromatic N) is 1. The van der Waals surface area contributed by atoms with Gasteiger partial charge in [0.15, 0.2) is 0 Å². The lowest BCUT2D eigenvalue weighted by Gasteiger charge is -2.04. The standard InChI is InChI=1S/C11H14N2O2/c1-15-9-4-2-8(3-5-9)6-13-7-10(13)11(12)14/h2-5,10H,6-7H2,1H3,(H2,12,14)/t10-,13?/m1/s1. The minimum atomic E-state index is -0.233. The van der Waals surface area contributed by atoms with Crippen LogP contribution in [0.1, 0.15) is 5.56 Å². The number of hydrogen-bond acceptors (Lipinski definition) is 3. The monoisotopic (exact) mass is 206 g/mol. The smallest absolute Gasteiger partial charge is 0.236 e. The topological polar surface area (TPSA) is 55.3 Å². The number of amides is 1. The van der Waals surface area contributed by atoms with Crippen LogP contribution in [0.3, 0.4) is 0 Å². The molecule has 1 aliphatic heterocycles. The fourth-order valence-electron chi connectivity index (χ4n) is 1.59. The molecular weight excluding hydrogens is 192 g/mol. The van der Waals surface area contributed by atoms with E-state index in [1.165, 1.54) is 5.56 Å². The molecule has 1 amide bonds. The van der Waals surface area contributed by atoms with Gasteiger partial charge in [-0.15, -0.1) is 0 Å². The Morgan fingerprint density at radius 2 is 2.20 bits per heavy atom. The van der Waals surface area contributed by atoms with Crippen molar-refractivity contribution in [3.63, 3.8) is 0 Å². The zero-order valence-electron chi connectivity index (χ0n) is 8.64. The van der Waals surface area contributed by atoms with Gasteiger partial charge in [-0.2, -0.15) is 0 Å². The minimum Gasteiger partial charge on any atom is -0.497 e. The first-order valence-electron chi connectivity index (χ1n) is 4.87. The highest BCUT2D eigenvalue weighted by Crippen LogP contribution is 2.21. The molecule has 2 atom stereocenters. The number of carbonyl (C=O) groups excluding carboxylic acids is 1. The van der Waals surface area contributed by atoms with Crippen molar-refractivity contribution in [2.75, 3.05) is 13.7 Å². The minimum absolute atomic E-state index is 0.0629. The number of rotatable bonds is 4. The fourth-order valence-corrected chi connectivity index (χ4v) is 1.59. The molecule has 0 radical (unpaired) electrons. The first-order chi connectivity index (χ1) is 7.20. The molecule has 4 heteroatoms. The lowest BCUT2D eigenvalue weighted by Crippen LogP contribution is -2.21. The highest BCUT2D eigenvalue weighted by Gasteiger charge is 2.38. The van der Waals surface area contributed by atoms with Gasteiger partial charge in [-0.25, -0.2) is 0 Å². The molecule has 15 heavy (non-hydrogen) atoms. The Labute approximate surface area is 88.6 Å². The summed E-state index contributed by atoms with van der Waals surface area (Å²) < 4.78 is 5.06. The summed E-state index contributed by atoms with van der Waals surface area (Å²) in [4.78, 5) is 12.9. The Morgan fingerprint density at radius 1 is 1.53 bits per heavy atom. The number of hydrogen-bond donors (Lipinski definition) is 1. The van der Waals surface area contributed by atoms with Crippen LogP contribution in [-0.2, 0) is 11.3 Å². The highest BCUT2D eigenvalue weighted by atomic mass is 16.5. The molecule has 0 spiro atoms. The Kier molecular flexibility index (Phi) is 2.60. The average Bonchev–Trinajstić information content (AvgIpc) is 2.98. The Bertz CT molecular complexity index is 361. The molecule has 1 saturated heterocycles. The molecule has 2 N–H and O–H groups in total. The molecule has 1 aromatic rings. The Morgan fingerprint density at radius 3 is 2.67 bits per heavy atom. The second-order valence-corrected chi connectivity index (χ2v) is 3.70. The molecule has 1 unspecified atom stereocenters. The van der Waals surface area contributed by atoms with E-state index in [2.05, 4.69) is 0 Å². The third-order valence-electron chi connectivity index (χ3n) is 2.59. The van der Waals surface area contributed by atoms with Gasteiger partial charge in [-0.3, -0.25) is 9.69 Å². The summed E-state index contributed by atoms with van der Waals surface area (Å²) in [6, 6.07) is 7.76. The fraction of sp³-hybridized carbons (Fsp3) is 0.364. The van der Waals surface area contributed by atoms with Gasteiger partial charge in [0.05, 0.1) is 7.11 Å². The van der Waals surface area contributed by atoms with Crippen LogP contribution in [0, 0.1) is 0 Å². The number of carbonyl (C=O) groups is 1. The second-order valence-electron chi connectivity index (χ2n) is 3.70. The average molecular weight is 206 g/mol. The van der Waals surface area contributed by atoms with Gasteiger partial charge in [0.2, 0.25) is 5.91 Å². The van der Waals surface area contributed by atoms with Crippen molar-refractivity contribution >= 4 is 5.91 Å². The van der Waals surface area contributed by atoms with Crippen LogP contribution in [0.25, 0.3) is 0 Å². The van der Waals surface area contributed by atoms with Gasteiger partial charge in [0.25, 0.3) is 0 Å². The summed E-state index contributed by atoms with van der Waals surface area (Å²) in [6.45, 7) is 1.55. The van der Waals surface area contributed by atoms with E-state index in [1.807, 2.05) is 29.2 Å². The quantitative estimate of drug-likeness (QED) is 0.724. The van der Waals surface area contributed by atoms with E-state index in [0.717, 1.165) is 18.8 Å². The zero-order valence-corrected chi connectivity index (χ0v) is 8.64.